The maximum absolute atomic E-state index is 12.8. The lowest BCUT2D eigenvalue weighted by molar-refractivity contribution is -0.153. The molecule has 1 saturated carbocycles. The van der Waals surface area contributed by atoms with E-state index in [0.717, 1.165) is 51.4 Å². The number of carbonyl (C=O) groups is 2. The fraction of sp³-hybridized carbons (Fsp3) is 0.810. The molecule has 1 aliphatic rings. The van der Waals surface area contributed by atoms with E-state index in [0.29, 0.717) is 25.2 Å². The number of allylic oxidation sites excluding steroid dienone is 1. The van der Waals surface area contributed by atoms with Gasteiger partial charge in [-0.1, -0.05) is 59.0 Å². The monoisotopic (exact) mass is 352 g/mol. The third-order valence-corrected chi connectivity index (χ3v) is 4.84. The highest BCUT2D eigenvalue weighted by Crippen LogP contribution is 2.35. The lowest BCUT2D eigenvalue weighted by Crippen LogP contribution is -2.33. The van der Waals surface area contributed by atoms with Crippen LogP contribution in [0.1, 0.15) is 85.0 Å². The van der Waals surface area contributed by atoms with Gasteiger partial charge >= 0.3 is 11.9 Å². The van der Waals surface area contributed by atoms with Crippen LogP contribution in [0.3, 0.4) is 0 Å². The second kappa shape index (κ2) is 13.0. The van der Waals surface area contributed by atoms with Crippen molar-refractivity contribution in [3.63, 3.8) is 0 Å². The highest BCUT2D eigenvalue weighted by atomic mass is 16.5. The summed E-state index contributed by atoms with van der Waals surface area (Å²) < 4.78 is 10.9. The van der Waals surface area contributed by atoms with Gasteiger partial charge < -0.3 is 9.47 Å². The minimum Gasteiger partial charge on any atom is -0.465 e. The van der Waals surface area contributed by atoms with Crippen molar-refractivity contribution >= 4 is 11.9 Å². The van der Waals surface area contributed by atoms with Crippen LogP contribution in [0.5, 0.6) is 0 Å². The van der Waals surface area contributed by atoms with E-state index in [9.17, 15) is 9.59 Å². The fourth-order valence-electron chi connectivity index (χ4n) is 3.40. The molecule has 0 aromatic carbocycles. The lowest BCUT2D eigenvalue weighted by atomic mass is 9.76. The SMILES string of the molecule is CCC=C(C(=O)OCCCC)C(C(=O)OCCCC)C1CCCCC1. The minimum absolute atomic E-state index is 0.194. The molecule has 1 fully saturated rings. The molecule has 0 bridgehead atoms. The molecule has 4 heteroatoms. The summed E-state index contributed by atoms with van der Waals surface area (Å²) in [5.74, 6) is -0.851. The zero-order chi connectivity index (χ0) is 18.5. The molecule has 0 N–H and O–H groups in total. The zero-order valence-electron chi connectivity index (χ0n) is 16.4. The van der Waals surface area contributed by atoms with Crippen LogP contribution in [0, 0.1) is 11.8 Å². The predicted molar refractivity (Wildman–Crippen MR) is 100 cm³/mol. The molecule has 144 valence electrons. The summed E-state index contributed by atoms with van der Waals surface area (Å²) in [6.45, 7) is 6.97. The van der Waals surface area contributed by atoms with Crippen molar-refractivity contribution in [2.24, 2.45) is 11.8 Å². The second-order valence-corrected chi connectivity index (χ2v) is 6.95. The van der Waals surface area contributed by atoms with E-state index in [2.05, 4.69) is 13.8 Å². The van der Waals surface area contributed by atoms with Gasteiger partial charge in [0.1, 0.15) is 0 Å². The van der Waals surface area contributed by atoms with Crippen LogP contribution in [0.25, 0.3) is 0 Å². The number of hydrogen-bond acceptors (Lipinski definition) is 4. The Labute approximate surface area is 153 Å². The third-order valence-electron chi connectivity index (χ3n) is 4.84. The van der Waals surface area contributed by atoms with Gasteiger partial charge in [0.25, 0.3) is 0 Å². The lowest BCUT2D eigenvalue weighted by Gasteiger charge is -2.30. The Morgan fingerprint density at radius 1 is 0.960 bits per heavy atom. The highest BCUT2D eigenvalue weighted by Gasteiger charge is 2.37. The van der Waals surface area contributed by atoms with Gasteiger partial charge in [-0.3, -0.25) is 4.79 Å². The van der Waals surface area contributed by atoms with E-state index in [-0.39, 0.29) is 17.9 Å². The third kappa shape index (κ3) is 7.62. The summed E-state index contributed by atoms with van der Waals surface area (Å²) in [4.78, 5) is 25.4. The molecule has 0 spiro atoms. The van der Waals surface area contributed by atoms with Crippen molar-refractivity contribution in [3.05, 3.63) is 11.6 Å². The molecule has 1 aliphatic carbocycles. The smallest absolute Gasteiger partial charge is 0.334 e. The maximum Gasteiger partial charge on any atom is 0.334 e. The molecule has 0 heterocycles. The summed E-state index contributed by atoms with van der Waals surface area (Å²) in [5.41, 5.74) is 0.520. The van der Waals surface area contributed by atoms with E-state index in [1.807, 2.05) is 13.0 Å². The van der Waals surface area contributed by atoms with Crippen molar-refractivity contribution in [1.82, 2.24) is 0 Å². The molecule has 0 saturated heterocycles. The molecule has 1 atom stereocenters. The Morgan fingerprint density at radius 3 is 2.12 bits per heavy atom. The van der Waals surface area contributed by atoms with Gasteiger partial charge in [-0.25, -0.2) is 4.79 Å². The predicted octanol–water partition coefficient (Wildman–Crippen LogP) is 5.21. The Morgan fingerprint density at radius 2 is 1.56 bits per heavy atom. The van der Waals surface area contributed by atoms with E-state index in [1.165, 1.54) is 6.42 Å². The zero-order valence-corrected chi connectivity index (χ0v) is 16.4. The molecule has 4 nitrogen and oxygen atoms in total. The molecule has 0 radical (unpaired) electrons. The minimum atomic E-state index is -0.466. The van der Waals surface area contributed by atoms with Crippen molar-refractivity contribution in [1.29, 1.82) is 0 Å². The number of ether oxygens (including phenoxy) is 2. The first-order valence-corrected chi connectivity index (χ1v) is 10.2. The van der Waals surface area contributed by atoms with Crippen LogP contribution in [0.15, 0.2) is 11.6 Å². The molecule has 0 aromatic rings. The fourth-order valence-corrected chi connectivity index (χ4v) is 3.40. The summed E-state index contributed by atoms with van der Waals surface area (Å²) in [6.07, 6.45) is 11.7. The van der Waals surface area contributed by atoms with Crippen molar-refractivity contribution < 1.29 is 19.1 Å². The van der Waals surface area contributed by atoms with Gasteiger partial charge in [0.05, 0.1) is 19.1 Å². The summed E-state index contributed by atoms with van der Waals surface area (Å²) in [7, 11) is 0. The number of hydrogen-bond donors (Lipinski definition) is 0. The second-order valence-electron chi connectivity index (χ2n) is 6.95. The van der Waals surface area contributed by atoms with Crippen LogP contribution in [-0.4, -0.2) is 25.2 Å². The summed E-state index contributed by atoms with van der Waals surface area (Å²) in [5, 5.41) is 0. The largest absolute Gasteiger partial charge is 0.465 e. The Hall–Kier alpha value is -1.32. The Kier molecular flexibility index (Phi) is 11.3. The standard InChI is InChI=1S/C21H36O4/c1-4-7-15-24-20(22)18(12-6-3)19(17-13-10-9-11-14-17)21(23)25-16-8-5-2/h12,17,19H,4-11,13-16H2,1-3H3. The summed E-state index contributed by atoms with van der Waals surface area (Å²) >= 11 is 0. The van der Waals surface area contributed by atoms with Gasteiger partial charge in [-0.2, -0.15) is 0 Å². The first kappa shape index (κ1) is 21.7. The van der Waals surface area contributed by atoms with Crippen molar-refractivity contribution in [2.45, 2.75) is 85.0 Å². The molecule has 1 unspecified atom stereocenters. The van der Waals surface area contributed by atoms with Gasteiger partial charge in [0, 0.05) is 5.57 Å². The normalized spacial score (nSPS) is 17.2. The number of carbonyl (C=O) groups excluding carboxylic acids is 2. The quantitative estimate of drug-likeness (QED) is 0.291. The van der Waals surface area contributed by atoms with Crippen LogP contribution in [0.4, 0.5) is 0 Å². The van der Waals surface area contributed by atoms with Crippen LogP contribution in [-0.2, 0) is 19.1 Å². The average molecular weight is 353 g/mol. The number of rotatable bonds is 11. The molecule has 25 heavy (non-hydrogen) atoms. The van der Waals surface area contributed by atoms with E-state index < -0.39 is 5.92 Å². The number of esters is 2. The molecule has 1 rings (SSSR count). The topological polar surface area (TPSA) is 52.6 Å². The van der Waals surface area contributed by atoms with Crippen LogP contribution >= 0.6 is 0 Å². The van der Waals surface area contributed by atoms with E-state index in [4.69, 9.17) is 9.47 Å². The first-order chi connectivity index (χ1) is 12.2. The number of unbranched alkanes of at least 4 members (excludes halogenated alkanes) is 2. The van der Waals surface area contributed by atoms with Gasteiger partial charge in [0.15, 0.2) is 0 Å². The first-order valence-electron chi connectivity index (χ1n) is 10.2. The Bertz CT molecular complexity index is 422. The van der Waals surface area contributed by atoms with Gasteiger partial charge in [-0.05, 0) is 38.0 Å². The van der Waals surface area contributed by atoms with Crippen LogP contribution in [0.2, 0.25) is 0 Å². The van der Waals surface area contributed by atoms with Gasteiger partial charge in [0.2, 0.25) is 0 Å². The van der Waals surface area contributed by atoms with Gasteiger partial charge in [-0.15, -0.1) is 0 Å². The van der Waals surface area contributed by atoms with Crippen molar-refractivity contribution in [3.8, 4) is 0 Å². The molecule has 0 aliphatic heterocycles. The van der Waals surface area contributed by atoms with Crippen molar-refractivity contribution in [2.75, 3.05) is 13.2 Å². The molecule has 0 amide bonds. The Balaban J connectivity index is 2.92. The van der Waals surface area contributed by atoms with E-state index >= 15 is 0 Å². The molecule has 0 aromatic heterocycles. The van der Waals surface area contributed by atoms with E-state index in [1.54, 1.807) is 0 Å². The average Bonchev–Trinajstić information content (AvgIpc) is 2.62. The molecular weight excluding hydrogens is 316 g/mol. The molecular formula is C21H36O4. The van der Waals surface area contributed by atoms with Crippen LogP contribution < -0.4 is 0 Å². The highest BCUT2D eigenvalue weighted by molar-refractivity contribution is 5.95. The summed E-state index contributed by atoms with van der Waals surface area (Å²) in [6, 6.07) is 0. The maximum atomic E-state index is 12.8.